The Morgan fingerprint density at radius 2 is 1.93 bits per heavy atom. The summed E-state index contributed by atoms with van der Waals surface area (Å²) < 4.78 is 11.0. The maximum atomic E-state index is 5.57. The average molecular weight is 386 g/mol. The lowest BCUT2D eigenvalue weighted by molar-refractivity contribution is 0.174. The van der Waals surface area contributed by atoms with Gasteiger partial charge in [0.15, 0.2) is 11.5 Å². The van der Waals surface area contributed by atoms with E-state index in [9.17, 15) is 0 Å². The van der Waals surface area contributed by atoms with Crippen molar-refractivity contribution in [2.75, 3.05) is 13.3 Å². The number of aryl methyl sites for hydroxylation is 1. The molecule has 2 N–H and O–H groups in total. The van der Waals surface area contributed by atoms with E-state index < -0.39 is 0 Å². The Bertz CT molecular complexity index is 1100. The molecule has 0 bridgehead atoms. The number of rotatable bonds is 3. The van der Waals surface area contributed by atoms with Crippen molar-refractivity contribution in [2.24, 2.45) is 5.92 Å². The van der Waals surface area contributed by atoms with Crippen LogP contribution in [0.5, 0.6) is 11.5 Å². The van der Waals surface area contributed by atoms with Crippen LogP contribution in [-0.2, 0) is 12.8 Å². The molecule has 6 rings (SSSR count). The molecule has 0 amide bonds. The number of H-pyrrole nitrogens is 1. The number of hydrogen-bond donors (Lipinski definition) is 2. The van der Waals surface area contributed by atoms with E-state index in [1.165, 1.54) is 53.4 Å². The van der Waals surface area contributed by atoms with Gasteiger partial charge in [-0.15, -0.1) is 0 Å². The summed E-state index contributed by atoms with van der Waals surface area (Å²) in [6.07, 6.45) is 8.29. The highest BCUT2D eigenvalue weighted by molar-refractivity contribution is 5.84. The fourth-order valence-corrected chi connectivity index (χ4v) is 5.31. The number of aromatic amines is 1. The maximum absolute atomic E-state index is 5.57. The number of ether oxygens (including phenoxy) is 2. The highest BCUT2D eigenvalue weighted by atomic mass is 16.7. The lowest BCUT2D eigenvalue weighted by Crippen LogP contribution is -2.35. The zero-order chi connectivity index (χ0) is 19.2. The number of nitrogens with one attached hydrogen (secondary N) is 2. The van der Waals surface area contributed by atoms with Crippen molar-refractivity contribution < 1.29 is 9.47 Å². The highest BCUT2D eigenvalue weighted by Crippen LogP contribution is 2.38. The van der Waals surface area contributed by atoms with E-state index in [1.807, 2.05) is 6.07 Å². The predicted molar refractivity (Wildman–Crippen MR) is 115 cm³/mol. The largest absolute Gasteiger partial charge is 0.454 e. The molecule has 0 spiro atoms. The zero-order valence-corrected chi connectivity index (χ0v) is 16.5. The number of para-hydroxylation sites is 1. The van der Waals surface area contributed by atoms with Gasteiger partial charge >= 0.3 is 0 Å². The molecule has 2 aromatic carbocycles. The van der Waals surface area contributed by atoms with E-state index >= 15 is 0 Å². The van der Waals surface area contributed by atoms with Crippen molar-refractivity contribution in [2.45, 2.75) is 38.1 Å². The Kier molecular flexibility index (Phi) is 4.12. The van der Waals surface area contributed by atoms with Gasteiger partial charge in [-0.25, -0.2) is 0 Å². The summed E-state index contributed by atoms with van der Waals surface area (Å²) >= 11 is 0. The first-order valence-corrected chi connectivity index (χ1v) is 10.7. The Morgan fingerprint density at radius 1 is 1.00 bits per heavy atom. The van der Waals surface area contributed by atoms with Crippen LogP contribution in [0.4, 0.5) is 0 Å². The third-order valence-corrected chi connectivity index (χ3v) is 6.78. The lowest BCUT2D eigenvalue weighted by Gasteiger charge is -2.30. The monoisotopic (exact) mass is 386 g/mol. The summed E-state index contributed by atoms with van der Waals surface area (Å²) in [5.74, 6) is 2.48. The van der Waals surface area contributed by atoms with Gasteiger partial charge in [0.25, 0.3) is 0 Å². The van der Waals surface area contributed by atoms with Gasteiger partial charge in [-0.3, -0.25) is 0 Å². The molecule has 2 unspecified atom stereocenters. The smallest absolute Gasteiger partial charge is 0.231 e. The number of benzene rings is 2. The maximum Gasteiger partial charge on any atom is 0.231 e. The first kappa shape index (κ1) is 17.2. The molecule has 1 aromatic heterocycles. The van der Waals surface area contributed by atoms with Crippen LogP contribution in [0.2, 0.25) is 0 Å². The Morgan fingerprint density at radius 3 is 2.93 bits per heavy atom. The van der Waals surface area contributed by atoms with Crippen LogP contribution in [-0.4, -0.2) is 24.4 Å². The van der Waals surface area contributed by atoms with Gasteiger partial charge < -0.3 is 19.8 Å². The van der Waals surface area contributed by atoms with Gasteiger partial charge in [-0.05, 0) is 72.9 Å². The summed E-state index contributed by atoms with van der Waals surface area (Å²) in [7, 11) is 0. The molecule has 3 heterocycles. The van der Waals surface area contributed by atoms with Crippen LogP contribution in [0.3, 0.4) is 0 Å². The summed E-state index contributed by atoms with van der Waals surface area (Å²) in [5.41, 5.74) is 7.00. The summed E-state index contributed by atoms with van der Waals surface area (Å²) in [4.78, 5) is 3.64. The molecule has 0 fully saturated rings. The van der Waals surface area contributed by atoms with Crippen molar-refractivity contribution in [3.05, 3.63) is 65.4 Å². The Labute approximate surface area is 170 Å². The third-order valence-electron chi connectivity index (χ3n) is 6.78. The molecule has 4 nitrogen and oxygen atoms in total. The molecule has 2 atom stereocenters. The van der Waals surface area contributed by atoms with Crippen LogP contribution < -0.4 is 14.8 Å². The second-order valence-corrected chi connectivity index (χ2v) is 8.58. The van der Waals surface area contributed by atoms with E-state index in [-0.39, 0.29) is 0 Å². The van der Waals surface area contributed by atoms with Gasteiger partial charge in [0.1, 0.15) is 0 Å². The predicted octanol–water partition coefficient (Wildman–Crippen LogP) is 4.84. The topological polar surface area (TPSA) is 46.3 Å². The molecular weight excluding hydrogens is 360 g/mol. The number of hydrogen-bond acceptors (Lipinski definition) is 3. The molecule has 2 aliphatic heterocycles. The molecule has 0 saturated carbocycles. The first-order chi connectivity index (χ1) is 14.3. The van der Waals surface area contributed by atoms with Crippen LogP contribution >= 0.6 is 0 Å². The van der Waals surface area contributed by atoms with Crippen LogP contribution in [0, 0.1) is 5.92 Å². The SMILES string of the molecule is C1=C(c2ccc3c(c2)OCO3)CC(CC2CCc3[nH]c4ccccc4c3C2)NC1. The summed E-state index contributed by atoms with van der Waals surface area (Å²) in [6.45, 7) is 1.28. The molecule has 4 heteroatoms. The highest BCUT2D eigenvalue weighted by Gasteiger charge is 2.26. The normalized spacial score (nSPS) is 23.1. The molecule has 0 radical (unpaired) electrons. The molecule has 29 heavy (non-hydrogen) atoms. The minimum atomic E-state index is 0.333. The van der Waals surface area contributed by atoms with Crippen LogP contribution in [0.1, 0.15) is 36.1 Å². The lowest BCUT2D eigenvalue weighted by atomic mass is 9.80. The van der Waals surface area contributed by atoms with Crippen molar-refractivity contribution in [3.63, 3.8) is 0 Å². The number of aromatic nitrogens is 1. The van der Waals surface area contributed by atoms with Gasteiger partial charge in [-0.1, -0.05) is 30.3 Å². The molecule has 3 aromatic rings. The van der Waals surface area contributed by atoms with Crippen molar-refractivity contribution >= 4 is 16.5 Å². The van der Waals surface area contributed by atoms with Crippen molar-refractivity contribution in [1.82, 2.24) is 10.3 Å². The van der Waals surface area contributed by atoms with Gasteiger partial charge in [0.2, 0.25) is 6.79 Å². The first-order valence-electron chi connectivity index (χ1n) is 10.7. The quantitative estimate of drug-likeness (QED) is 0.677. The van der Waals surface area contributed by atoms with Crippen molar-refractivity contribution in [1.29, 1.82) is 0 Å². The third kappa shape index (κ3) is 3.12. The Balaban J connectivity index is 1.16. The second kappa shape index (κ2) is 6.96. The fraction of sp³-hybridized carbons (Fsp3) is 0.360. The zero-order valence-electron chi connectivity index (χ0n) is 16.5. The van der Waals surface area contributed by atoms with Gasteiger partial charge in [-0.2, -0.15) is 0 Å². The minimum Gasteiger partial charge on any atom is -0.454 e. The molecule has 1 aliphatic carbocycles. The van der Waals surface area contributed by atoms with E-state index in [1.54, 1.807) is 5.56 Å². The minimum absolute atomic E-state index is 0.333. The average Bonchev–Trinajstić information content (AvgIpc) is 3.37. The van der Waals surface area contributed by atoms with Gasteiger partial charge in [0, 0.05) is 29.2 Å². The molecule has 3 aliphatic rings. The molecule has 148 valence electrons. The van der Waals surface area contributed by atoms with Crippen LogP contribution in [0.25, 0.3) is 16.5 Å². The molecular formula is C25H26N2O2. The van der Waals surface area contributed by atoms with E-state index in [4.69, 9.17) is 9.47 Å². The molecule has 0 saturated heterocycles. The van der Waals surface area contributed by atoms with Crippen LogP contribution in [0.15, 0.2) is 48.5 Å². The van der Waals surface area contributed by atoms with E-state index in [0.717, 1.165) is 30.4 Å². The standard InChI is InChI=1S/C25H26N2O2/c1-2-4-22-20(3-1)21-12-16(5-7-23(21)27-22)11-19-13-18(9-10-26-19)17-6-8-24-25(14-17)29-15-28-24/h1-4,6,8-9,14,16,19,26-27H,5,7,10-13,15H2. The Hall–Kier alpha value is -2.72. The fourth-order valence-electron chi connectivity index (χ4n) is 5.31. The number of fused-ring (bicyclic) bond motifs is 4. The van der Waals surface area contributed by atoms with E-state index in [0.29, 0.717) is 12.8 Å². The summed E-state index contributed by atoms with van der Waals surface area (Å²) in [6, 6.07) is 15.6. The van der Waals surface area contributed by atoms with Gasteiger partial charge in [0.05, 0.1) is 0 Å². The van der Waals surface area contributed by atoms with E-state index in [2.05, 4.69) is 52.8 Å². The van der Waals surface area contributed by atoms with Crippen molar-refractivity contribution in [3.8, 4) is 11.5 Å². The summed E-state index contributed by atoms with van der Waals surface area (Å²) in [5, 5.41) is 5.15. The second-order valence-electron chi connectivity index (χ2n) is 8.58.